The number of hydrogen-bond acceptors (Lipinski definition) is 4. The van der Waals surface area contributed by atoms with Crippen LogP contribution in [0.2, 0.25) is 0 Å². The van der Waals surface area contributed by atoms with Gasteiger partial charge in [-0.05, 0) is 36.4 Å². The van der Waals surface area contributed by atoms with E-state index in [-0.39, 0.29) is 11.4 Å². The molecule has 0 radical (unpaired) electrons. The number of ether oxygens (including phenoxy) is 1. The lowest BCUT2D eigenvalue weighted by atomic mass is 10.3. The molecular weight excluding hydrogens is 273 g/mol. The lowest BCUT2D eigenvalue weighted by Gasteiger charge is -2.01. The van der Waals surface area contributed by atoms with Crippen LogP contribution in [0.25, 0.3) is 5.69 Å². The van der Waals surface area contributed by atoms with E-state index in [1.165, 1.54) is 35.3 Å². The third-order valence-corrected chi connectivity index (χ3v) is 2.71. The fourth-order valence-electron chi connectivity index (χ4n) is 1.70. The number of para-hydroxylation sites is 1. The Kier molecular flexibility index (Phi) is 3.42. The molecule has 5 nitrogen and oxygen atoms in total. The van der Waals surface area contributed by atoms with Crippen LogP contribution in [-0.2, 0) is 0 Å². The highest BCUT2D eigenvalue weighted by molar-refractivity contribution is 5.88. The average molecular weight is 283 g/mol. The Labute approximate surface area is 119 Å². The summed E-state index contributed by atoms with van der Waals surface area (Å²) in [5.74, 6) is -0.802. The Balaban J connectivity index is 1.77. The van der Waals surface area contributed by atoms with Crippen LogP contribution in [0.3, 0.4) is 0 Å². The van der Waals surface area contributed by atoms with E-state index >= 15 is 0 Å². The highest BCUT2D eigenvalue weighted by Gasteiger charge is 2.14. The summed E-state index contributed by atoms with van der Waals surface area (Å²) in [7, 11) is 0. The monoisotopic (exact) mass is 283 g/mol. The van der Waals surface area contributed by atoms with E-state index in [1.807, 2.05) is 30.3 Å². The normalized spacial score (nSPS) is 10.3. The summed E-state index contributed by atoms with van der Waals surface area (Å²) in [6.07, 6.45) is 1.32. The van der Waals surface area contributed by atoms with E-state index in [9.17, 15) is 9.18 Å². The van der Waals surface area contributed by atoms with E-state index in [2.05, 4.69) is 10.2 Å². The predicted octanol–water partition coefficient (Wildman–Crippen LogP) is 2.63. The van der Waals surface area contributed by atoms with Crippen LogP contribution in [-0.4, -0.2) is 21.0 Å². The smallest absolute Gasteiger partial charge is 0.365 e. The maximum Gasteiger partial charge on any atom is 0.365 e. The maximum atomic E-state index is 12.8. The van der Waals surface area contributed by atoms with Gasteiger partial charge in [-0.25, -0.2) is 9.18 Å². The van der Waals surface area contributed by atoms with E-state index in [4.69, 9.17) is 4.74 Å². The summed E-state index contributed by atoms with van der Waals surface area (Å²) in [5, 5.41) is 8.06. The van der Waals surface area contributed by atoms with Crippen molar-refractivity contribution in [2.75, 3.05) is 0 Å². The van der Waals surface area contributed by atoms with Crippen molar-refractivity contribution in [1.29, 1.82) is 0 Å². The first-order valence-electron chi connectivity index (χ1n) is 6.18. The molecular formula is C15H10FN3O2. The molecule has 0 saturated carbocycles. The van der Waals surface area contributed by atoms with Crippen molar-refractivity contribution in [3.63, 3.8) is 0 Å². The van der Waals surface area contributed by atoms with E-state index in [0.29, 0.717) is 0 Å². The van der Waals surface area contributed by atoms with Gasteiger partial charge in [0.1, 0.15) is 11.6 Å². The van der Waals surface area contributed by atoms with Gasteiger partial charge in [-0.15, -0.1) is 5.10 Å². The van der Waals surface area contributed by atoms with Crippen molar-refractivity contribution in [2.24, 2.45) is 0 Å². The van der Waals surface area contributed by atoms with Gasteiger partial charge in [0, 0.05) is 0 Å². The molecule has 0 amide bonds. The van der Waals surface area contributed by atoms with Crippen LogP contribution < -0.4 is 4.74 Å². The summed E-state index contributed by atoms with van der Waals surface area (Å²) in [6.45, 7) is 0. The predicted molar refractivity (Wildman–Crippen MR) is 72.7 cm³/mol. The molecule has 0 atom stereocenters. The second-order valence-corrected chi connectivity index (χ2v) is 4.20. The highest BCUT2D eigenvalue weighted by atomic mass is 19.1. The zero-order chi connectivity index (χ0) is 14.7. The van der Waals surface area contributed by atoms with Gasteiger partial charge < -0.3 is 4.74 Å². The molecule has 0 fully saturated rings. The molecule has 1 aromatic heterocycles. The van der Waals surface area contributed by atoms with Crippen molar-refractivity contribution >= 4 is 5.97 Å². The topological polar surface area (TPSA) is 57.0 Å². The van der Waals surface area contributed by atoms with E-state index < -0.39 is 11.8 Å². The van der Waals surface area contributed by atoms with Crippen molar-refractivity contribution in [3.8, 4) is 11.4 Å². The quantitative estimate of drug-likeness (QED) is 0.547. The van der Waals surface area contributed by atoms with Gasteiger partial charge >= 0.3 is 5.97 Å². The Morgan fingerprint density at radius 1 is 1.05 bits per heavy atom. The molecule has 21 heavy (non-hydrogen) atoms. The maximum absolute atomic E-state index is 12.8. The number of esters is 1. The molecule has 0 saturated heterocycles. The molecule has 0 N–H and O–H groups in total. The molecule has 3 aromatic rings. The number of halogens is 1. The largest absolute Gasteiger partial charge is 0.422 e. The zero-order valence-electron chi connectivity index (χ0n) is 10.8. The SMILES string of the molecule is O=C(Oc1ccc(F)cc1)c1cnn(-c2ccccc2)n1. The second kappa shape index (κ2) is 5.54. The second-order valence-electron chi connectivity index (χ2n) is 4.20. The highest BCUT2D eigenvalue weighted by Crippen LogP contribution is 2.13. The van der Waals surface area contributed by atoms with Gasteiger partial charge in [-0.2, -0.15) is 9.90 Å². The molecule has 0 spiro atoms. The first-order valence-corrected chi connectivity index (χ1v) is 6.18. The number of hydrogen-bond donors (Lipinski definition) is 0. The Bertz CT molecular complexity index is 754. The van der Waals surface area contributed by atoms with Crippen molar-refractivity contribution in [1.82, 2.24) is 15.0 Å². The molecule has 0 aliphatic heterocycles. The molecule has 1 heterocycles. The number of benzene rings is 2. The molecule has 0 aliphatic carbocycles. The fraction of sp³-hybridized carbons (Fsp3) is 0. The summed E-state index contributed by atoms with van der Waals surface area (Å²) >= 11 is 0. The van der Waals surface area contributed by atoms with Crippen molar-refractivity contribution in [3.05, 3.63) is 72.3 Å². The van der Waals surface area contributed by atoms with Gasteiger partial charge in [-0.1, -0.05) is 18.2 Å². The minimum absolute atomic E-state index is 0.0724. The minimum atomic E-state index is -0.649. The third-order valence-electron chi connectivity index (χ3n) is 2.71. The minimum Gasteiger partial charge on any atom is -0.422 e. The summed E-state index contributed by atoms with van der Waals surface area (Å²) in [4.78, 5) is 13.2. The summed E-state index contributed by atoms with van der Waals surface area (Å²) in [5.41, 5.74) is 0.807. The van der Waals surface area contributed by atoms with Crippen LogP contribution in [0, 0.1) is 5.82 Å². The molecule has 104 valence electrons. The first-order chi connectivity index (χ1) is 10.2. The number of carbonyl (C=O) groups is 1. The first kappa shape index (κ1) is 13.0. The lowest BCUT2D eigenvalue weighted by Crippen LogP contribution is -2.10. The standard InChI is InChI=1S/C15H10FN3O2/c16-11-6-8-13(9-7-11)21-15(20)14-10-17-19(18-14)12-4-2-1-3-5-12/h1-10H. The summed E-state index contributed by atoms with van der Waals surface area (Å²) in [6, 6.07) is 14.3. The van der Waals surface area contributed by atoms with Crippen LogP contribution in [0.15, 0.2) is 60.8 Å². The zero-order valence-corrected chi connectivity index (χ0v) is 10.8. The van der Waals surface area contributed by atoms with Crippen LogP contribution in [0.4, 0.5) is 4.39 Å². The van der Waals surface area contributed by atoms with Gasteiger partial charge in [-0.3, -0.25) is 0 Å². The number of carbonyl (C=O) groups excluding carboxylic acids is 1. The molecule has 2 aromatic carbocycles. The van der Waals surface area contributed by atoms with Gasteiger partial charge in [0.2, 0.25) is 0 Å². The molecule has 0 bridgehead atoms. The van der Waals surface area contributed by atoms with Crippen molar-refractivity contribution in [2.45, 2.75) is 0 Å². The third kappa shape index (κ3) is 2.94. The molecule has 0 unspecified atom stereocenters. The number of aromatic nitrogens is 3. The fourth-order valence-corrected chi connectivity index (χ4v) is 1.70. The number of rotatable bonds is 3. The Morgan fingerprint density at radius 3 is 2.48 bits per heavy atom. The molecule has 3 rings (SSSR count). The van der Waals surface area contributed by atoms with Gasteiger partial charge in [0.15, 0.2) is 5.69 Å². The molecule has 6 heteroatoms. The summed E-state index contributed by atoms with van der Waals surface area (Å²) < 4.78 is 17.9. The number of nitrogens with zero attached hydrogens (tertiary/aromatic N) is 3. The Hall–Kier alpha value is -3.02. The van der Waals surface area contributed by atoms with Crippen LogP contribution in [0.1, 0.15) is 10.5 Å². The van der Waals surface area contributed by atoms with Gasteiger partial charge in [0.05, 0.1) is 11.9 Å². The lowest BCUT2D eigenvalue weighted by molar-refractivity contribution is 0.0728. The van der Waals surface area contributed by atoms with Gasteiger partial charge in [0.25, 0.3) is 0 Å². The van der Waals surface area contributed by atoms with E-state index in [1.54, 1.807) is 0 Å². The molecule has 0 aliphatic rings. The van der Waals surface area contributed by atoms with Crippen LogP contribution in [0.5, 0.6) is 5.75 Å². The van der Waals surface area contributed by atoms with Crippen LogP contribution >= 0.6 is 0 Å². The van der Waals surface area contributed by atoms with Crippen molar-refractivity contribution < 1.29 is 13.9 Å². The van der Waals surface area contributed by atoms with E-state index in [0.717, 1.165) is 5.69 Å². The Morgan fingerprint density at radius 2 is 1.76 bits per heavy atom. The average Bonchev–Trinajstić information content (AvgIpc) is 3.00.